The lowest BCUT2D eigenvalue weighted by Gasteiger charge is -2.26. The first-order valence-electron chi connectivity index (χ1n) is 11.7. The van der Waals surface area contributed by atoms with E-state index in [2.05, 4.69) is 17.1 Å². The number of hydrogen-bond acceptors (Lipinski definition) is 4. The number of halogens is 1. The Balaban J connectivity index is 0.00000363. The summed E-state index contributed by atoms with van der Waals surface area (Å²) in [6.45, 7) is 9.32. The second-order valence-corrected chi connectivity index (χ2v) is 8.39. The van der Waals surface area contributed by atoms with E-state index in [1.54, 1.807) is 7.11 Å². The number of ether oxygens (including phenoxy) is 2. The van der Waals surface area contributed by atoms with Crippen molar-refractivity contribution in [2.24, 2.45) is 10.9 Å². The number of methoxy groups -OCH3 is 1. The molecule has 2 saturated heterocycles. The molecule has 0 aromatic heterocycles. The number of piperidine rings is 1. The Morgan fingerprint density at radius 2 is 1.84 bits per heavy atom. The molecule has 0 radical (unpaired) electrons. The predicted octanol–water partition coefficient (Wildman–Crippen LogP) is 3.38. The minimum atomic E-state index is 0. The molecule has 8 heteroatoms. The lowest BCUT2D eigenvalue weighted by atomic mass is 10.1. The number of carbonyl (C=O) groups excluding carboxylic acids is 1. The minimum Gasteiger partial charge on any atom is -0.382 e. The second-order valence-electron chi connectivity index (χ2n) is 8.39. The summed E-state index contributed by atoms with van der Waals surface area (Å²) in [4.78, 5) is 21.8. The molecule has 2 aliphatic rings. The highest BCUT2D eigenvalue weighted by Gasteiger charge is 2.25. The molecule has 0 spiro atoms. The summed E-state index contributed by atoms with van der Waals surface area (Å²) in [5.74, 6) is 1.63. The zero-order valence-electron chi connectivity index (χ0n) is 19.6. The number of likely N-dealkylation sites (tertiary alicyclic amines) is 2. The van der Waals surface area contributed by atoms with Gasteiger partial charge in [-0.15, -0.1) is 24.0 Å². The highest BCUT2D eigenvalue weighted by atomic mass is 127. The molecule has 3 rings (SSSR count). The van der Waals surface area contributed by atoms with E-state index in [4.69, 9.17) is 14.5 Å². The van der Waals surface area contributed by atoms with Crippen LogP contribution in [0.2, 0.25) is 0 Å². The van der Waals surface area contributed by atoms with Crippen molar-refractivity contribution in [2.45, 2.75) is 39.2 Å². The van der Waals surface area contributed by atoms with Gasteiger partial charge in [0.1, 0.15) is 0 Å². The summed E-state index contributed by atoms with van der Waals surface area (Å²) in [6.07, 6.45) is 4.57. The molecule has 1 aromatic carbocycles. The standard InChI is InChI=1S/C24H38N4O3.HI/c1-3-25-24(28-14-11-21(18-28)19-31-16-15-30-2)26-17-20-7-9-22(10-8-20)23(29)27-12-5-4-6-13-27;/h7-10,21H,3-6,11-19H2,1-2H3,(H,25,26);1H. The van der Waals surface area contributed by atoms with Gasteiger partial charge in [0.15, 0.2) is 5.96 Å². The Labute approximate surface area is 209 Å². The molecule has 2 heterocycles. The first kappa shape index (κ1) is 26.9. The lowest BCUT2D eigenvalue weighted by Crippen LogP contribution is -2.40. The summed E-state index contributed by atoms with van der Waals surface area (Å²) in [5, 5.41) is 3.42. The summed E-state index contributed by atoms with van der Waals surface area (Å²) >= 11 is 0. The molecule has 180 valence electrons. The fourth-order valence-electron chi connectivity index (χ4n) is 4.18. The van der Waals surface area contributed by atoms with E-state index in [9.17, 15) is 4.79 Å². The molecule has 0 saturated carbocycles. The van der Waals surface area contributed by atoms with Crippen LogP contribution in [0.1, 0.15) is 48.5 Å². The molecule has 7 nitrogen and oxygen atoms in total. The zero-order chi connectivity index (χ0) is 21.9. The molecule has 0 aliphatic carbocycles. The van der Waals surface area contributed by atoms with Crippen LogP contribution < -0.4 is 5.32 Å². The largest absolute Gasteiger partial charge is 0.382 e. The van der Waals surface area contributed by atoms with Crippen LogP contribution in [0.5, 0.6) is 0 Å². The third-order valence-corrected chi connectivity index (χ3v) is 5.96. The highest BCUT2D eigenvalue weighted by Crippen LogP contribution is 2.18. The van der Waals surface area contributed by atoms with Crippen molar-refractivity contribution in [3.05, 3.63) is 35.4 Å². The van der Waals surface area contributed by atoms with Crippen LogP contribution >= 0.6 is 24.0 Å². The van der Waals surface area contributed by atoms with Crippen LogP contribution in [0.25, 0.3) is 0 Å². The van der Waals surface area contributed by atoms with E-state index >= 15 is 0 Å². The molecular formula is C24H39IN4O3. The predicted molar refractivity (Wildman–Crippen MR) is 139 cm³/mol. The average molecular weight is 559 g/mol. The van der Waals surface area contributed by atoms with Crippen LogP contribution in [0.4, 0.5) is 0 Å². The van der Waals surface area contributed by atoms with E-state index in [0.29, 0.717) is 25.7 Å². The third kappa shape index (κ3) is 8.19. The van der Waals surface area contributed by atoms with Crippen molar-refractivity contribution in [1.82, 2.24) is 15.1 Å². The third-order valence-electron chi connectivity index (χ3n) is 5.96. The number of guanidine groups is 1. The van der Waals surface area contributed by atoms with Crippen molar-refractivity contribution < 1.29 is 14.3 Å². The number of amides is 1. The molecule has 1 unspecified atom stereocenters. The number of benzene rings is 1. The van der Waals surface area contributed by atoms with Crippen molar-refractivity contribution in [3.8, 4) is 0 Å². The maximum Gasteiger partial charge on any atom is 0.253 e. The van der Waals surface area contributed by atoms with E-state index < -0.39 is 0 Å². The molecule has 32 heavy (non-hydrogen) atoms. The number of hydrogen-bond donors (Lipinski definition) is 1. The van der Waals surface area contributed by atoms with Gasteiger partial charge in [0.05, 0.1) is 26.4 Å². The van der Waals surface area contributed by atoms with Crippen LogP contribution in [0.15, 0.2) is 29.3 Å². The first-order valence-corrected chi connectivity index (χ1v) is 11.7. The maximum absolute atomic E-state index is 12.6. The van der Waals surface area contributed by atoms with E-state index in [-0.39, 0.29) is 29.9 Å². The molecule has 1 aromatic rings. The Morgan fingerprint density at radius 3 is 2.53 bits per heavy atom. The highest BCUT2D eigenvalue weighted by molar-refractivity contribution is 14.0. The van der Waals surface area contributed by atoms with E-state index in [1.165, 1.54) is 6.42 Å². The summed E-state index contributed by atoms with van der Waals surface area (Å²) in [5.41, 5.74) is 1.89. The Hall–Kier alpha value is -1.39. The SMILES string of the molecule is CCNC(=NCc1ccc(C(=O)N2CCCCC2)cc1)N1CCC(COCCOC)C1.I. The molecule has 2 fully saturated rings. The number of nitrogens with one attached hydrogen (secondary N) is 1. The Kier molecular flexibility index (Phi) is 12.3. The van der Waals surface area contributed by atoms with Gasteiger partial charge in [0.25, 0.3) is 5.91 Å². The van der Waals surface area contributed by atoms with E-state index in [0.717, 1.165) is 75.7 Å². The Morgan fingerprint density at radius 1 is 1.09 bits per heavy atom. The van der Waals surface area contributed by atoms with Gasteiger partial charge in [-0.05, 0) is 50.3 Å². The van der Waals surface area contributed by atoms with Gasteiger partial charge in [0.2, 0.25) is 0 Å². The van der Waals surface area contributed by atoms with E-state index in [1.807, 2.05) is 29.2 Å². The quantitative estimate of drug-likeness (QED) is 0.218. The van der Waals surface area contributed by atoms with Crippen LogP contribution in [0, 0.1) is 5.92 Å². The van der Waals surface area contributed by atoms with Crippen molar-refractivity contribution in [3.63, 3.8) is 0 Å². The molecule has 1 N–H and O–H groups in total. The summed E-state index contributed by atoms with van der Waals surface area (Å²) in [6, 6.07) is 7.94. The van der Waals surface area contributed by atoms with Crippen LogP contribution in [0.3, 0.4) is 0 Å². The average Bonchev–Trinajstić information content (AvgIpc) is 3.29. The number of aliphatic imine (C=N–C) groups is 1. The topological polar surface area (TPSA) is 66.4 Å². The monoisotopic (exact) mass is 558 g/mol. The molecule has 2 aliphatic heterocycles. The second kappa shape index (κ2) is 14.7. The minimum absolute atomic E-state index is 0. The molecule has 1 amide bonds. The number of rotatable bonds is 9. The fourth-order valence-corrected chi connectivity index (χ4v) is 4.18. The van der Waals surface area contributed by atoms with Crippen molar-refractivity contribution in [1.29, 1.82) is 0 Å². The van der Waals surface area contributed by atoms with Crippen molar-refractivity contribution >= 4 is 35.8 Å². The van der Waals surface area contributed by atoms with Crippen molar-refractivity contribution in [2.75, 3.05) is 59.7 Å². The van der Waals surface area contributed by atoms with Gasteiger partial charge < -0.3 is 24.6 Å². The summed E-state index contributed by atoms with van der Waals surface area (Å²) in [7, 11) is 1.69. The smallest absolute Gasteiger partial charge is 0.253 e. The normalized spacial score (nSPS) is 19.1. The zero-order valence-corrected chi connectivity index (χ0v) is 21.9. The fraction of sp³-hybridized carbons (Fsp3) is 0.667. The molecule has 0 bridgehead atoms. The van der Waals surface area contributed by atoms with Gasteiger partial charge in [-0.25, -0.2) is 4.99 Å². The maximum atomic E-state index is 12.6. The lowest BCUT2D eigenvalue weighted by molar-refractivity contribution is 0.0536. The summed E-state index contributed by atoms with van der Waals surface area (Å²) < 4.78 is 10.7. The Bertz CT molecular complexity index is 708. The van der Waals surface area contributed by atoms with Gasteiger partial charge in [-0.1, -0.05) is 12.1 Å². The molecular weight excluding hydrogens is 519 g/mol. The first-order chi connectivity index (χ1) is 15.2. The molecule has 1 atom stereocenters. The van der Waals surface area contributed by atoms with Gasteiger partial charge in [0, 0.05) is 51.3 Å². The van der Waals surface area contributed by atoms with Crippen LogP contribution in [-0.4, -0.2) is 81.3 Å². The van der Waals surface area contributed by atoms with Gasteiger partial charge >= 0.3 is 0 Å². The van der Waals surface area contributed by atoms with Crippen LogP contribution in [-0.2, 0) is 16.0 Å². The number of carbonyl (C=O) groups is 1. The van der Waals surface area contributed by atoms with Gasteiger partial charge in [-0.2, -0.15) is 0 Å². The van der Waals surface area contributed by atoms with Gasteiger partial charge in [-0.3, -0.25) is 4.79 Å². The number of nitrogens with zero attached hydrogens (tertiary/aromatic N) is 3.